The number of hydrogen-bond donors (Lipinski definition) is 1. The molecule has 0 aliphatic rings. The average Bonchev–Trinajstić information content (AvgIpc) is 2.84. The van der Waals surface area contributed by atoms with Gasteiger partial charge in [-0.15, -0.1) is 0 Å². The van der Waals surface area contributed by atoms with Crippen molar-refractivity contribution in [3.8, 4) is 0 Å². The van der Waals surface area contributed by atoms with Crippen molar-refractivity contribution in [3.63, 3.8) is 0 Å². The van der Waals surface area contributed by atoms with Gasteiger partial charge in [0.1, 0.15) is 11.5 Å². The van der Waals surface area contributed by atoms with Crippen molar-refractivity contribution in [1.82, 2.24) is 4.31 Å². The number of furan rings is 1. The molecule has 21 heavy (non-hydrogen) atoms. The zero-order valence-corrected chi connectivity index (χ0v) is 12.4. The molecule has 0 atom stereocenters. The number of carbonyl (C=O) groups is 1. The second-order valence-electron chi connectivity index (χ2n) is 4.60. The minimum absolute atomic E-state index is 0.0401. The highest BCUT2D eigenvalue weighted by Crippen LogP contribution is 2.18. The van der Waals surface area contributed by atoms with Gasteiger partial charge in [0.2, 0.25) is 10.0 Å². The Bertz CT molecular complexity index is 746. The predicted octanol–water partition coefficient (Wildman–Crippen LogP) is 2.11. The Morgan fingerprint density at radius 2 is 1.81 bits per heavy atom. The van der Waals surface area contributed by atoms with Crippen LogP contribution in [0.2, 0.25) is 0 Å². The number of aryl methyl sites for hydroxylation is 1. The number of nitrogens with zero attached hydrogens (tertiary/aromatic N) is 1. The topological polar surface area (TPSA) is 87.8 Å². The zero-order chi connectivity index (χ0) is 15.6. The van der Waals surface area contributed by atoms with Gasteiger partial charge in [-0.05, 0) is 43.3 Å². The van der Waals surface area contributed by atoms with Crippen LogP contribution >= 0.6 is 0 Å². The molecule has 0 spiro atoms. The highest BCUT2D eigenvalue weighted by molar-refractivity contribution is 7.89. The summed E-state index contributed by atoms with van der Waals surface area (Å²) in [6.45, 7) is 1.89. The van der Waals surface area contributed by atoms with Gasteiger partial charge in [-0.25, -0.2) is 13.2 Å². The van der Waals surface area contributed by atoms with E-state index in [-0.39, 0.29) is 17.0 Å². The third-order valence-electron chi connectivity index (χ3n) is 2.98. The monoisotopic (exact) mass is 309 g/mol. The number of carboxylic acids is 1. The summed E-state index contributed by atoms with van der Waals surface area (Å²) in [5.74, 6) is 0.153. The normalized spacial score (nSPS) is 11.8. The molecule has 0 fully saturated rings. The van der Waals surface area contributed by atoms with Crippen molar-refractivity contribution in [1.29, 1.82) is 0 Å². The third-order valence-corrected chi connectivity index (χ3v) is 4.80. The molecule has 1 aromatic carbocycles. The summed E-state index contributed by atoms with van der Waals surface area (Å²) < 4.78 is 31.2. The summed E-state index contributed by atoms with van der Waals surface area (Å²) in [6, 6.07) is 8.57. The first-order valence-electron chi connectivity index (χ1n) is 6.16. The first kappa shape index (κ1) is 15.3. The van der Waals surface area contributed by atoms with E-state index in [1.54, 1.807) is 19.1 Å². The van der Waals surface area contributed by atoms with E-state index in [2.05, 4.69) is 0 Å². The highest BCUT2D eigenvalue weighted by atomic mass is 32.2. The molecule has 1 heterocycles. The van der Waals surface area contributed by atoms with E-state index in [1.807, 2.05) is 0 Å². The van der Waals surface area contributed by atoms with E-state index in [0.717, 1.165) is 4.31 Å². The van der Waals surface area contributed by atoms with Crippen LogP contribution in [0, 0.1) is 6.92 Å². The quantitative estimate of drug-likeness (QED) is 0.914. The summed E-state index contributed by atoms with van der Waals surface area (Å²) in [6.07, 6.45) is 0. The van der Waals surface area contributed by atoms with E-state index in [9.17, 15) is 13.2 Å². The molecule has 0 unspecified atom stereocenters. The van der Waals surface area contributed by atoms with Gasteiger partial charge in [0, 0.05) is 7.05 Å². The Hall–Kier alpha value is -2.12. The molecule has 1 aromatic heterocycles. The predicted molar refractivity (Wildman–Crippen MR) is 75.5 cm³/mol. The van der Waals surface area contributed by atoms with Gasteiger partial charge in [-0.2, -0.15) is 4.31 Å². The van der Waals surface area contributed by atoms with E-state index in [4.69, 9.17) is 9.52 Å². The van der Waals surface area contributed by atoms with Crippen LogP contribution in [0.25, 0.3) is 0 Å². The fourth-order valence-electron chi connectivity index (χ4n) is 1.82. The van der Waals surface area contributed by atoms with E-state index in [1.165, 1.54) is 31.3 Å². The molecular weight excluding hydrogens is 294 g/mol. The van der Waals surface area contributed by atoms with Crippen molar-refractivity contribution in [3.05, 3.63) is 53.5 Å². The standard InChI is InChI=1S/C14H15NO5S/c1-10-3-6-12(20-10)9-15(2)21(18,19)13-7-4-11(5-8-13)14(16)17/h3-8H,9H2,1-2H3,(H,16,17). The fourth-order valence-corrected chi connectivity index (χ4v) is 2.96. The smallest absolute Gasteiger partial charge is 0.335 e. The maximum absolute atomic E-state index is 12.4. The Morgan fingerprint density at radius 3 is 2.29 bits per heavy atom. The molecule has 0 saturated heterocycles. The van der Waals surface area contributed by atoms with Crippen molar-refractivity contribution in [2.24, 2.45) is 0 Å². The van der Waals surface area contributed by atoms with E-state index in [0.29, 0.717) is 11.5 Å². The Labute approximate surface area is 122 Å². The number of hydrogen-bond acceptors (Lipinski definition) is 4. The largest absolute Gasteiger partial charge is 0.478 e. The summed E-state index contributed by atoms with van der Waals surface area (Å²) in [5.41, 5.74) is 0.0401. The average molecular weight is 309 g/mol. The molecule has 0 radical (unpaired) electrons. The van der Waals surface area contributed by atoms with E-state index < -0.39 is 16.0 Å². The summed E-state index contributed by atoms with van der Waals surface area (Å²) in [5, 5.41) is 8.81. The van der Waals surface area contributed by atoms with Gasteiger partial charge in [0.25, 0.3) is 0 Å². The van der Waals surface area contributed by atoms with Gasteiger partial charge >= 0.3 is 5.97 Å². The van der Waals surface area contributed by atoms with Gasteiger partial charge in [-0.3, -0.25) is 0 Å². The molecule has 0 amide bonds. The molecule has 0 aliphatic heterocycles. The van der Waals surface area contributed by atoms with Gasteiger partial charge < -0.3 is 9.52 Å². The van der Waals surface area contributed by atoms with Crippen LogP contribution in [0.15, 0.2) is 45.7 Å². The van der Waals surface area contributed by atoms with E-state index >= 15 is 0 Å². The van der Waals surface area contributed by atoms with Gasteiger partial charge in [-0.1, -0.05) is 0 Å². The van der Waals surface area contributed by atoms with Crippen molar-refractivity contribution in [2.45, 2.75) is 18.4 Å². The first-order valence-corrected chi connectivity index (χ1v) is 7.60. The molecule has 0 saturated carbocycles. The molecule has 0 bridgehead atoms. The fraction of sp³-hybridized carbons (Fsp3) is 0.214. The second kappa shape index (κ2) is 5.71. The number of rotatable bonds is 5. The lowest BCUT2D eigenvalue weighted by atomic mass is 10.2. The molecular formula is C14H15NO5S. The van der Waals surface area contributed by atoms with Crippen LogP contribution in [-0.4, -0.2) is 30.8 Å². The molecule has 6 nitrogen and oxygen atoms in total. The maximum atomic E-state index is 12.4. The molecule has 0 aliphatic carbocycles. The number of sulfonamides is 1. The SMILES string of the molecule is Cc1ccc(CN(C)S(=O)(=O)c2ccc(C(=O)O)cc2)o1. The van der Waals surface area contributed by atoms with Crippen LogP contribution in [0.1, 0.15) is 21.9 Å². The van der Waals surface area contributed by atoms with Gasteiger partial charge in [0.05, 0.1) is 17.0 Å². The lowest BCUT2D eigenvalue weighted by molar-refractivity contribution is 0.0696. The summed E-state index contributed by atoms with van der Waals surface area (Å²) in [7, 11) is -2.25. The summed E-state index contributed by atoms with van der Waals surface area (Å²) >= 11 is 0. The maximum Gasteiger partial charge on any atom is 0.335 e. The lowest BCUT2D eigenvalue weighted by Gasteiger charge is -2.16. The van der Waals surface area contributed by atoms with Crippen LogP contribution in [-0.2, 0) is 16.6 Å². The van der Waals surface area contributed by atoms with Crippen LogP contribution in [0.5, 0.6) is 0 Å². The molecule has 1 N–H and O–H groups in total. The minimum atomic E-state index is -3.69. The first-order chi connectivity index (χ1) is 9.80. The molecule has 112 valence electrons. The third kappa shape index (κ3) is 3.32. The van der Waals surface area contributed by atoms with Crippen LogP contribution < -0.4 is 0 Å². The van der Waals surface area contributed by atoms with Crippen LogP contribution in [0.3, 0.4) is 0 Å². The number of carboxylic acid groups (broad SMARTS) is 1. The molecule has 2 rings (SSSR count). The minimum Gasteiger partial charge on any atom is -0.478 e. The summed E-state index contributed by atoms with van der Waals surface area (Å²) in [4.78, 5) is 10.8. The van der Waals surface area contributed by atoms with Crippen LogP contribution in [0.4, 0.5) is 0 Å². The Morgan fingerprint density at radius 1 is 1.19 bits per heavy atom. The zero-order valence-electron chi connectivity index (χ0n) is 11.6. The molecule has 2 aromatic rings. The highest BCUT2D eigenvalue weighted by Gasteiger charge is 2.22. The Balaban J connectivity index is 2.22. The Kier molecular flexibility index (Phi) is 4.15. The number of benzene rings is 1. The lowest BCUT2D eigenvalue weighted by Crippen LogP contribution is -2.26. The van der Waals surface area contributed by atoms with Crippen molar-refractivity contribution < 1.29 is 22.7 Å². The molecule has 7 heteroatoms. The van der Waals surface area contributed by atoms with Gasteiger partial charge in [0.15, 0.2) is 0 Å². The number of aromatic carboxylic acids is 1. The van der Waals surface area contributed by atoms with Crippen molar-refractivity contribution in [2.75, 3.05) is 7.05 Å². The second-order valence-corrected chi connectivity index (χ2v) is 6.65. The van der Waals surface area contributed by atoms with Crippen molar-refractivity contribution >= 4 is 16.0 Å².